The van der Waals surface area contributed by atoms with Crippen molar-refractivity contribution in [2.75, 3.05) is 13.7 Å². The zero-order valence-corrected chi connectivity index (χ0v) is 20.4. The molecule has 0 saturated carbocycles. The lowest BCUT2D eigenvalue weighted by molar-refractivity contribution is -0.384. The van der Waals surface area contributed by atoms with E-state index >= 15 is 0 Å². The second-order valence-electron chi connectivity index (χ2n) is 8.48. The van der Waals surface area contributed by atoms with Gasteiger partial charge in [-0.25, -0.2) is 0 Å². The number of carbonyl (C=O) groups is 2. The van der Waals surface area contributed by atoms with Crippen molar-refractivity contribution >= 4 is 23.1 Å². The van der Waals surface area contributed by atoms with E-state index in [0.29, 0.717) is 30.1 Å². The maximum Gasteiger partial charge on any atom is 0.295 e. The third-order valence-corrected chi connectivity index (χ3v) is 6.08. The molecular formula is C28H26N2O7. The number of ketones is 1. The van der Waals surface area contributed by atoms with Crippen LogP contribution in [0.3, 0.4) is 0 Å². The SMILES string of the molecule is CCCN1C(=O)C(=O)/C(=C(/O)c2cccc([N+](=O)[O-])c2)C1c1ccc(OCc2ccccc2)c(OC)c1. The van der Waals surface area contributed by atoms with E-state index in [2.05, 4.69) is 0 Å². The number of aliphatic hydroxyl groups is 1. The third-order valence-electron chi connectivity index (χ3n) is 6.08. The van der Waals surface area contributed by atoms with Crippen LogP contribution >= 0.6 is 0 Å². The topological polar surface area (TPSA) is 119 Å². The number of rotatable bonds is 9. The predicted octanol–water partition coefficient (Wildman–Crippen LogP) is 5.01. The quantitative estimate of drug-likeness (QED) is 0.144. The zero-order valence-electron chi connectivity index (χ0n) is 20.4. The average Bonchev–Trinajstić information content (AvgIpc) is 3.17. The molecular weight excluding hydrogens is 476 g/mol. The van der Waals surface area contributed by atoms with Gasteiger partial charge in [-0.1, -0.05) is 55.5 Å². The number of carbonyl (C=O) groups excluding carboxylic acids is 2. The Bertz CT molecular complexity index is 1370. The van der Waals surface area contributed by atoms with E-state index in [4.69, 9.17) is 9.47 Å². The normalized spacial score (nSPS) is 16.6. The van der Waals surface area contributed by atoms with Crippen LogP contribution < -0.4 is 9.47 Å². The van der Waals surface area contributed by atoms with Gasteiger partial charge in [0.25, 0.3) is 17.4 Å². The maximum absolute atomic E-state index is 13.1. The molecule has 1 aliphatic heterocycles. The summed E-state index contributed by atoms with van der Waals surface area (Å²) in [5, 5.41) is 22.4. The van der Waals surface area contributed by atoms with Gasteiger partial charge in [-0.05, 0) is 29.7 Å². The highest BCUT2D eigenvalue weighted by atomic mass is 16.6. The number of ether oxygens (including phenoxy) is 2. The fourth-order valence-corrected chi connectivity index (χ4v) is 4.33. The van der Waals surface area contributed by atoms with Crippen molar-refractivity contribution in [2.45, 2.75) is 26.0 Å². The number of benzene rings is 3. The first-order chi connectivity index (χ1) is 17.8. The highest BCUT2D eigenvalue weighted by Gasteiger charge is 2.46. The molecule has 0 aliphatic carbocycles. The Morgan fingerprint density at radius 1 is 1.03 bits per heavy atom. The number of hydrogen-bond donors (Lipinski definition) is 1. The van der Waals surface area contributed by atoms with Crippen molar-refractivity contribution in [2.24, 2.45) is 0 Å². The maximum atomic E-state index is 13.1. The monoisotopic (exact) mass is 502 g/mol. The molecule has 9 heteroatoms. The first-order valence-corrected chi connectivity index (χ1v) is 11.7. The van der Waals surface area contributed by atoms with E-state index in [0.717, 1.165) is 5.56 Å². The number of nitro benzene ring substituents is 1. The fourth-order valence-electron chi connectivity index (χ4n) is 4.33. The molecule has 3 aromatic rings. The van der Waals surface area contributed by atoms with Crippen LogP contribution in [0.15, 0.2) is 78.4 Å². The number of likely N-dealkylation sites (tertiary alicyclic amines) is 1. The number of nitrogens with zero attached hydrogens (tertiary/aromatic N) is 2. The molecule has 0 bridgehead atoms. The van der Waals surface area contributed by atoms with Gasteiger partial charge in [0.15, 0.2) is 11.5 Å². The summed E-state index contributed by atoms with van der Waals surface area (Å²) in [4.78, 5) is 38.1. The van der Waals surface area contributed by atoms with Crippen LogP contribution in [0.25, 0.3) is 5.76 Å². The molecule has 1 N–H and O–H groups in total. The summed E-state index contributed by atoms with van der Waals surface area (Å²) in [5.41, 5.74) is 1.19. The highest BCUT2D eigenvalue weighted by Crippen LogP contribution is 2.42. The van der Waals surface area contributed by atoms with Crippen LogP contribution in [-0.2, 0) is 16.2 Å². The van der Waals surface area contributed by atoms with Crippen LogP contribution in [0.4, 0.5) is 5.69 Å². The molecule has 1 fully saturated rings. The lowest BCUT2D eigenvalue weighted by atomic mass is 9.94. The smallest absolute Gasteiger partial charge is 0.295 e. The molecule has 190 valence electrons. The summed E-state index contributed by atoms with van der Waals surface area (Å²) < 4.78 is 11.5. The summed E-state index contributed by atoms with van der Waals surface area (Å²) in [6, 6.07) is 19.1. The first kappa shape index (κ1) is 25.4. The zero-order chi connectivity index (χ0) is 26.5. The minimum Gasteiger partial charge on any atom is -0.507 e. The molecule has 1 amide bonds. The molecule has 0 spiro atoms. The van der Waals surface area contributed by atoms with E-state index < -0.39 is 28.4 Å². The van der Waals surface area contributed by atoms with Gasteiger partial charge in [0.1, 0.15) is 12.4 Å². The Kier molecular flexibility index (Phi) is 7.52. The van der Waals surface area contributed by atoms with Crippen molar-refractivity contribution in [3.8, 4) is 11.5 Å². The van der Waals surface area contributed by atoms with Gasteiger partial charge in [0.05, 0.1) is 23.6 Å². The molecule has 0 aromatic heterocycles. The predicted molar refractivity (Wildman–Crippen MR) is 136 cm³/mol. The number of Topliss-reactive ketones (excluding diaryl/α,β-unsaturated/α-hetero) is 1. The van der Waals surface area contributed by atoms with Gasteiger partial charge in [-0.15, -0.1) is 0 Å². The van der Waals surface area contributed by atoms with Crippen LogP contribution in [0, 0.1) is 10.1 Å². The Morgan fingerprint density at radius 3 is 2.46 bits per heavy atom. The van der Waals surface area contributed by atoms with Crippen molar-refractivity contribution in [3.05, 3.63) is 105 Å². The third kappa shape index (κ3) is 5.16. The van der Waals surface area contributed by atoms with E-state index in [1.54, 1.807) is 18.2 Å². The van der Waals surface area contributed by atoms with Gasteiger partial charge < -0.3 is 19.5 Å². The van der Waals surface area contributed by atoms with Gasteiger partial charge >= 0.3 is 0 Å². The fraction of sp³-hybridized carbons (Fsp3) is 0.214. The lowest BCUT2D eigenvalue weighted by Gasteiger charge is -2.25. The molecule has 9 nitrogen and oxygen atoms in total. The van der Waals surface area contributed by atoms with E-state index in [1.165, 1.54) is 36.3 Å². The Labute approximate surface area is 213 Å². The summed E-state index contributed by atoms with van der Waals surface area (Å²) in [6.45, 7) is 2.46. The highest BCUT2D eigenvalue weighted by molar-refractivity contribution is 6.46. The van der Waals surface area contributed by atoms with Gasteiger partial charge in [0, 0.05) is 24.2 Å². The number of aliphatic hydroxyl groups excluding tert-OH is 1. The molecule has 0 radical (unpaired) electrons. The second kappa shape index (κ2) is 10.9. The lowest BCUT2D eigenvalue weighted by Crippen LogP contribution is -2.30. The molecule has 1 unspecified atom stereocenters. The molecule has 1 atom stereocenters. The van der Waals surface area contributed by atoms with Crippen molar-refractivity contribution < 1.29 is 29.1 Å². The van der Waals surface area contributed by atoms with Gasteiger partial charge in [-0.3, -0.25) is 19.7 Å². The summed E-state index contributed by atoms with van der Waals surface area (Å²) >= 11 is 0. The molecule has 37 heavy (non-hydrogen) atoms. The Balaban J connectivity index is 1.77. The standard InChI is InChI=1S/C28H26N2O7/c1-3-14-29-25(19-12-13-22(23(16-19)36-2)37-17-18-8-5-4-6-9-18)24(27(32)28(29)33)26(31)20-10-7-11-21(15-20)30(34)35/h4-13,15-16,25,31H,3,14,17H2,1-2H3/b26-24+. The molecule has 3 aromatic carbocycles. The number of amides is 1. The van der Waals surface area contributed by atoms with Crippen LogP contribution in [-0.4, -0.2) is 40.3 Å². The van der Waals surface area contributed by atoms with E-state index in [-0.39, 0.29) is 23.4 Å². The number of hydrogen-bond acceptors (Lipinski definition) is 7. The molecule has 1 aliphatic rings. The molecule has 1 saturated heterocycles. The first-order valence-electron chi connectivity index (χ1n) is 11.7. The van der Waals surface area contributed by atoms with Crippen molar-refractivity contribution in [3.63, 3.8) is 0 Å². The van der Waals surface area contributed by atoms with Crippen LogP contribution in [0.2, 0.25) is 0 Å². The van der Waals surface area contributed by atoms with Crippen molar-refractivity contribution in [1.82, 2.24) is 4.90 Å². The minimum absolute atomic E-state index is 0.0727. The van der Waals surface area contributed by atoms with Crippen LogP contribution in [0.5, 0.6) is 11.5 Å². The summed E-state index contributed by atoms with van der Waals surface area (Å²) in [6.07, 6.45) is 0.579. The van der Waals surface area contributed by atoms with E-state index in [1.807, 2.05) is 37.3 Å². The number of methoxy groups -OCH3 is 1. The van der Waals surface area contributed by atoms with Gasteiger partial charge in [0.2, 0.25) is 0 Å². The van der Waals surface area contributed by atoms with Gasteiger partial charge in [-0.2, -0.15) is 0 Å². The number of nitro groups is 1. The minimum atomic E-state index is -0.906. The van der Waals surface area contributed by atoms with E-state index in [9.17, 15) is 24.8 Å². The second-order valence-corrected chi connectivity index (χ2v) is 8.48. The number of non-ortho nitro benzene ring substituents is 1. The average molecular weight is 503 g/mol. The summed E-state index contributed by atoms with van der Waals surface area (Å²) in [5.74, 6) is -1.21. The van der Waals surface area contributed by atoms with Crippen LogP contribution in [0.1, 0.15) is 36.1 Å². The molecule has 1 heterocycles. The Hall–Kier alpha value is -4.66. The largest absolute Gasteiger partial charge is 0.507 e. The van der Waals surface area contributed by atoms with Crippen molar-refractivity contribution in [1.29, 1.82) is 0 Å². The Morgan fingerprint density at radius 2 is 1.78 bits per heavy atom. The summed E-state index contributed by atoms with van der Waals surface area (Å²) in [7, 11) is 1.49. The molecule has 4 rings (SSSR count).